The monoisotopic (exact) mass is 187 g/mol. The Bertz CT molecular complexity index is 178. The molecule has 0 aromatic rings. The summed E-state index contributed by atoms with van der Waals surface area (Å²) in [5.74, 6) is 0. The van der Waals surface area contributed by atoms with Gasteiger partial charge in [0.05, 0.1) is 23.9 Å². The van der Waals surface area contributed by atoms with Crippen LogP contribution < -0.4 is 5.73 Å². The van der Waals surface area contributed by atoms with Gasteiger partial charge >= 0.3 is 0 Å². The molecule has 2 N–H and O–H groups in total. The van der Waals surface area contributed by atoms with Crippen molar-refractivity contribution in [3.8, 4) is 0 Å². The summed E-state index contributed by atoms with van der Waals surface area (Å²) in [6, 6.07) is 0. The number of hydrogen-bond acceptors (Lipinski definition) is 3. The summed E-state index contributed by atoms with van der Waals surface area (Å²) in [5.41, 5.74) is 5.15. The maximum atomic E-state index is 5.88. The molecule has 0 bridgehead atoms. The molecule has 0 aromatic carbocycles. The Morgan fingerprint density at radius 3 is 2.38 bits per heavy atom. The van der Waals surface area contributed by atoms with E-state index in [0.717, 1.165) is 6.42 Å². The van der Waals surface area contributed by atoms with E-state index in [1.165, 1.54) is 0 Å². The molecule has 0 aliphatic carbocycles. The van der Waals surface area contributed by atoms with Gasteiger partial charge in [0, 0.05) is 13.0 Å². The van der Waals surface area contributed by atoms with Crippen molar-refractivity contribution in [1.82, 2.24) is 0 Å². The molecule has 0 saturated carbocycles. The standard InChI is InChI=1S/C10H21NO2/c1-9(2)7-8(12-6-5-11)10(3,4)13-9/h8H,5-7,11H2,1-4H3. The molecule has 1 heterocycles. The molecule has 13 heavy (non-hydrogen) atoms. The minimum atomic E-state index is -0.182. The molecule has 3 nitrogen and oxygen atoms in total. The van der Waals surface area contributed by atoms with Gasteiger partial charge in [0.15, 0.2) is 0 Å². The normalized spacial score (nSPS) is 30.7. The zero-order chi connectivity index (χ0) is 10.1. The maximum Gasteiger partial charge on any atom is 0.0895 e. The fourth-order valence-electron chi connectivity index (χ4n) is 1.98. The van der Waals surface area contributed by atoms with Crippen LogP contribution in [0.1, 0.15) is 34.1 Å². The Morgan fingerprint density at radius 2 is 2.00 bits per heavy atom. The van der Waals surface area contributed by atoms with Crippen molar-refractivity contribution in [2.24, 2.45) is 5.73 Å². The van der Waals surface area contributed by atoms with Gasteiger partial charge in [-0.25, -0.2) is 0 Å². The molecule has 1 atom stereocenters. The third-order valence-electron chi connectivity index (χ3n) is 2.43. The maximum absolute atomic E-state index is 5.88. The van der Waals surface area contributed by atoms with Gasteiger partial charge in [-0.3, -0.25) is 0 Å². The molecule has 1 fully saturated rings. The summed E-state index contributed by atoms with van der Waals surface area (Å²) in [6.45, 7) is 9.54. The van der Waals surface area contributed by atoms with Crippen LogP contribution in [0.2, 0.25) is 0 Å². The van der Waals surface area contributed by atoms with Gasteiger partial charge in [-0.2, -0.15) is 0 Å². The predicted molar refractivity (Wildman–Crippen MR) is 52.7 cm³/mol. The molecule has 0 aromatic heterocycles. The smallest absolute Gasteiger partial charge is 0.0895 e. The van der Waals surface area contributed by atoms with Crippen LogP contribution in [0.3, 0.4) is 0 Å². The Labute approximate surface area is 80.6 Å². The van der Waals surface area contributed by atoms with Crippen LogP contribution >= 0.6 is 0 Å². The van der Waals surface area contributed by atoms with E-state index in [2.05, 4.69) is 27.7 Å². The van der Waals surface area contributed by atoms with E-state index in [1.54, 1.807) is 0 Å². The van der Waals surface area contributed by atoms with Crippen molar-refractivity contribution >= 4 is 0 Å². The van der Waals surface area contributed by atoms with Crippen molar-refractivity contribution in [1.29, 1.82) is 0 Å². The Kier molecular flexibility index (Phi) is 3.00. The number of ether oxygens (including phenoxy) is 2. The highest BCUT2D eigenvalue weighted by molar-refractivity contribution is 4.95. The number of hydrogen-bond donors (Lipinski definition) is 1. The highest BCUT2D eigenvalue weighted by atomic mass is 16.6. The summed E-state index contributed by atoms with van der Waals surface area (Å²) in [5, 5.41) is 0. The lowest BCUT2D eigenvalue weighted by molar-refractivity contribution is -0.102. The quantitative estimate of drug-likeness (QED) is 0.724. The zero-order valence-electron chi connectivity index (χ0n) is 9.09. The SMILES string of the molecule is CC1(C)CC(OCCN)C(C)(C)O1. The van der Waals surface area contributed by atoms with E-state index in [1.807, 2.05) is 0 Å². The van der Waals surface area contributed by atoms with E-state index in [-0.39, 0.29) is 17.3 Å². The van der Waals surface area contributed by atoms with Crippen LogP contribution in [0.4, 0.5) is 0 Å². The summed E-state index contributed by atoms with van der Waals surface area (Å²) < 4.78 is 11.5. The first-order valence-electron chi connectivity index (χ1n) is 4.89. The minimum absolute atomic E-state index is 0.0667. The van der Waals surface area contributed by atoms with E-state index < -0.39 is 0 Å². The highest BCUT2D eigenvalue weighted by Crippen LogP contribution is 2.38. The van der Waals surface area contributed by atoms with Gasteiger partial charge in [-0.05, 0) is 27.7 Å². The second-order valence-electron chi connectivity index (χ2n) is 4.82. The highest BCUT2D eigenvalue weighted by Gasteiger charge is 2.46. The van der Waals surface area contributed by atoms with E-state index in [4.69, 9.17) is 15.2 Å². The Morgan fingerprint density at radius 1 is 1.38 bits per heavy atom. The molecule has 3 heteroatoms. The van der Waals surface area contributed by atoms with Crippen LogP contribution in [0.5, 0.6) is 0 Å². The fraction of sp³-hybridized carbons (Fsp3) is 1.00. The Balaban J connectivity index is 2.54. The van der Waals surface area contributed by atoms with Gasteiger partial charge in [0.2, 0.25) is 0 Å². The summed E-state index contributed by atoms with van der Waals surface area (Å²) in [7, 11) is 0. The first kappa shape index (κ1) is 11.0. The van der Waals surface area contributed by atoms with Gasteiger partial charge in [-0.1, -0.05) is 0 Å². The van der Waals surface area contributed by atoms with Gasteiger partial charge < -0.3 is 15.2 Å². The van der Waals surface area contributed by atoms with Crippen LogP contribution in [0.25, 0.3) is 0 Å². The van der Waals surface area contributed by atoms with Gasteiger partial charge in [0.1, 0.15) is 0 Å². The molecule has 1 saturated heterocycles. The molecular weight excluding hydrogens is 166 g/mol. The minimum Gasteiger partial charge on any atom is -0.374 e. The van der Waals surface area contributed by atoms with Crippen LogP contribution in [0, 0.1) is 0 Å². The van der Waals surface area contributed by atoms with E-state index in [9.17, 15) is 0 Å². The molecule has 1 aliphatic rings. The van der Waals surface area contributed by atoms with E-state index in [0.29, 0.717) is 13.2 Å². The van der Waals surface area contributed by atoms with Crippen molar-refractivity contribution in [2.45, 2.75) is 51.4 Å². The summed E-state index contributed by atoms with van der Waals surface area (Å²) >= 11 is 0. The molecule has 1 unspecified atom stereocenters. The largest absolute Gasteiger partial charge is 0.374 e. The third-order valence-corrected chi connectivity index (χ3v) is 2.43. The van der Waals surface area contributed by atoms with Crippen LogP contribution in [0.15, 0.2) is 0 Å². The molecule has 0 amide bonds. The molecule has 1 rings (SSSR count). The van der Waals surface area contributed by atoms with E-state index >= 15 is 0 Å². The Hall–Kier alpha value is -0.120. The average Bonchev–Trinajstić information content (AvgIpc) is 2.14. The first-order valence-corrected chi connectivity index (χ1v) is 4.89. The van der Waals surface area contributed by atoms with Crippen molar-refractivity contribution in [3.05, 3.63) is 0 Å². The van der Waals surface area contributed by atoms with Crippen LogP contribution in [-0.4, -0.2) is 30.5 Å². The van der Waals surface area contributed by atoms with Gasteiger partial charge in [-0.15, -0.1) is 0 Å². The predicted octanol–water partition coefficient (Wildman–Crippen LogP) is 1.31. The molecule has 1 aliphatic heterocycles. The zero-order valence-corrected chi connectivity index (χ0v) is 9.09. The molecular formula is C10H21NO2. The average molecular weight is 187 g/mol. The second-order valence-corrected chi connectivity index (χ2v) is 4.82. The number of nitrogens with two attached hydrogens (primary N) is 1. The summed E-state index contributed by atoms with van der Waals surface area (Å²) in [4.78, 5) is 0. The molecule has 0 spiro atoms. The lowest BCUT2D eigenvalue weighted by Crippen LogP contribution is -2.35. The lowest BCUT2D eigenvalue weighted by Gasteiger charge is -2.26. The lowest BCUT2D eigenvalue weighted by atomic mass is 9.97. The van der Waals surface area contributed by atoms with Crippen molar-refractivity contribution < 1.29 is 9.47 Å². The fourth-order valence-corrected chi connectivity index (χ4v) is 1.98. The second kappa shape index (κ2) is 3.56. The van der Waals surface area contributed by atoms with Crippen molar-refractivity contribution in [2.75, 3.05) is 13.2 Å². The first-order chi connectivity index (χ1) is 5.87. The van der Waals surface area contributed by atoms with Gasteiger partial charge in [0.25, 0.3) is 0 Å². The van der Waals surface area contributed by atoms with Crippen molar-refractivity contribution in [3.63, 3.8) is 0 Å². The summed E-state index contributed by atoms with van der Waals surface area (Å²) in [6.07, 6.45) is 1.12. The molecule has 0 radical (unpaired) electrons. The topological polar surface area (TPSA) is 44.5 Å². The van der Waals surface area contributed by atoms with Crippen LogP contribution in [-0.2, 0) is 9.47 Å². The molecule has 78 valence electrons. The third kappa shape index (κ3) is 2.66. The number of rotatable bonds is 3.